The number of nitrogens with one attached hydrogen (secondary N) is 1. The number of hydrogen-bond donors (Lipinski definition) is 2. The Hall–Kier alpha value is -1.36. The highest BCUT2D eigenvalue weighted by atomic mass is 16.3. The van der Waals surface area contributed by atoms with Crippen LogP contribution in [0.4, 0.5) is 0 Å². The van der Waals surface area contributed by atoms with E-state index in [4.69, 9.17) is 0 Å². The molecule has 1 unspecified atom stereocenters. The molecule has 0 saturated heterocycles. The van der Waals surface area contributed by atoms with Gasteiger partial charge in [-0.05, 0) is 38.2 Å². The molecule has 1 atom stereocenters. The number of aromatic nitrogens is 2. The molecule has 1 rings (SSSR count). The van der Waals surface area contributed by atoms with Gasteiger partial charge in [-0.3, -0.25) is 9.48 Å². The molecule has 5 heteroatoms. The summed E-state index contributed by atoms with van der Waals surface area (Å²) in [5, 5.41) is 17.0. The van der Waals surface area contributed by atoms with Gasteiger partial charge in [0.05, 0.1) is 12.1 Å². The van der Waals surface area contributed by atoms with Gasteiger partial charge in [0.25, 0.3) is 5.91 Å². The molecule has 1 amide bonds. The maximum Gasteiger partial charge on any atom is 0.271 e. The zero-order chi connectivity index (χ0) is 16.0. The number of aliphatic hydroxyl groups is 1. The van der Waals surface area contributed by atoms with Crippen LogP contribution in [0.1, 0.15) is 69.2 Å². The summed E-state index contributed by atoms with van der Waals surface area (Å²) in [6, 6.07) is 2.14. The second-order valence-electron chi connectivity index (χ2n) is 6.08. The Morgan fingerprint density at radius 2 is 2.00 bits per heavy atom. The van der Waals surface area contributed by atoms with E-state index in [2.05, 4.69) is 24.3 Å². The number of aliphatic hydroxyl groups excluding tert-OH is 1. The highest BCUT2D eigenvalue weighted by Crippen LogP contribution is 2.17. The molecule has 0 fully saturated rings. The first-order chi connectivity index (χ1) is 9.88. The summed E-state index contributed by atoms with van der Waals surface area (Å²) in [6.45, 7) is 10.6. The lowest BCUT2D eigenvalue weighted by atomic mass is 10.1. The van der Waals surface area contributed by atoms with Gasteiger partial charge in [0, 0.05) is 12.2 Å². The summed E-state index contributed by atoms with van der Waals surface area (Å²) in [4.78, 5) is 12.1. The van der Waals surface area contributed by atoms with E-state index in [1.807, 2.05) is 31.5 Å². The van der Waals surface area contributed by atoms with Gasteiger partial charge >= 0.3 is 0 Å². The highest BCUT2D eigenvalue weighted by molar-refractivity contribution is 5.92. The third kappa shape index (κ3) is 5.16. The molecular formula is C16H29N3O2. The number of aryl methyl sites for hydroxylation is 1. The van der Waals surface area contributed by atoms with Crippen LogP contribution in [-0.2, 0) is 0 Å². The number of carbonyl (C=O) groups excluding carboxylic acids is 1. The number of carbonyl (C=O) groups is 1. The average molecular weight is 295 g/mol. The van der Waals surface area contributed by atoms with Crippen molar-refractivity contribution < 1.29 is 9.90 Å². The molecular weight excluding hydrogens is 266 g/mol. The van der Waals surface area contributed by atoms with Crippen LogP contribution in [0.3, 0.4) is 0 Å². The van der Waals surface area contributed by atoms with Gasteiger partial charge in [0.2, 0.25) is 0 Å². The smallest absolute Gasteiger partial charge is 0.271 e. The maximum atomic E-state index is 12.1. The molecule has 0 aliphatic carbocycles. The Balaban J connectivity index is 2.65. The van der Waals surface area contributed by atoms with E-state index < -0.39 is 6.10 Å². The van der Waals surface area contributed by atoms with Crippen molar-refractivity contribution in [3.05, 3.63) is 17.5 Å². The van der Waals surface area contributed by atoms with E-state index in [1.54, 1.807) is 0 Å². The van der Waals surface area contributed by atoms with E-state index in [9.17, 15) is 9.90 Å². The molecule has 120 valence electrons. The van der Waals surface area contributed by atoms with Crippen LogP contribution in [0.5, 0.6) is 0 Å². The summed E-state index contributed by atoms with van der Waals surface area (Å²) < 4.78 is 1.93. The molecule has 0 spiro atoms. The zero-order valence-corrected chi connectivity index (χ0v) is 13.9. The first kappa shape index (κ1) is 17.7. The predicted octanol–water partition coefficient (Wildman–Crippen LogP) is 2.69. The molecule has 0 bridgehead atoms. The molecule has 2 N–H and O–H groups in total. The molecule has 0 aliphatic heterocycles. The number of rotatable bonds is 8. The Bertz CT molecular complexity index is 450. The largest absolute Gasteiger partial charge is 0.391 e. The molecule has 21 heavy (non-hydrogen) atoms. The Kier molecular flexibility index (Phi) is 6.89. The lowest BCUT2D eigenvalue weighted by Gasteiger charge is -2.15. The monoisotopic (exact) mass is 295 g/mol. The van der Waals surface area contributed by atoms with E-state index in [0.717, 1.165) is 18.5 Å². The topological polar surface area (TPSA) is 67.2 Å². The lowest BCUT2D eigenvalue weighted by Crippen LogP contribution is -2.33. The maximum absolute atomic E-state index is 12.1. The number of nitrogens with zero attached hydrogens (tertiary/aromatic N) is 2. The molecule has 1 aromatic rings. The van der Waals surface area contributed by atoms with Crippen LogP contribution >= 0.6 is 0 Å². The number of amides is 1. The SMILES string of the molecule is CCC(CC)n1nc(C(=O)NCC(O)CC(C)C)cc1C. The fraction of sp³-hybridized carbons (Fsp3) is 0.750. The summed E-state index contributed by atoms with van der Waals surface area (Å²) in [6.07, 6.45) is 2.16. The van der Waals surface area contributed by atoms with Crippen LogP contribution < -0.4 is 5.32 Å². The van der Waals surface area contributed by atoms with Crippen molar-refractivity contribution in [3.8, 4) is 0 Å². The van der Waals surface area contributed by atoms with Crippen molar-refractivity contribution in [3.63, 3.8) is 0 Å². The van der Waals surface area contributed by atoms with Crippen molar-refractivity contribution in [1.29, 1.82) is 0 Å². The minimum atomic E-state index is -0.504. The predicted molar refractivity (Wildman–Crippen MR) is 84.4 cm³/mol. The van der Waals surface area contributed by atoms with Crippen molar-refractivity contribution in [2.24, 2.45) is 5.92 Å². The van der Waals surface area contributed by atoms with Crippen molar-refractivity contribution in [1.82, 2.24) is 15.1 Å². The molecule has 5 nitrogen and oxygen atoms in total. The van der Waals surface area contributed by atoms with Gasteiger partial charge in [0.15, 0.2) is 0 Å². The van der Waals surface area contributed by atoms with Crippen molar-refractivity contribution >= 4 is 5.91 Å². The Morgan fingerprint density at radius 3 is 2.52 bits per heavy atom. The van der Waals surface area contributed by atoms with E-state index in [0.29, 0.717) is 24.1 Å². The summed E-state index contributed by atoms with van der Waals surface area (Å²) in [5.74, 6) is 0.193. The first-order valence-electron chi connectivity index (χ1n) is 7.91. The van der Waals surface area contributed by atoms with Crippen LogP contribution in [0.25, 0.3) is 0 Å². The molecule has 0 aromatic carbocycles. The molecule has 1 aromatic heterocycles. The van der Waals surface area contributed by atoms with Gasteiger partial charge in [-0.1, -0.05) is 27.7 Å². The van der Waals surface area contributed by atoms with E-state index in [-0.39, 0.29) is 12.5 Å². The summed E-state index contributed by atoms with van der Waals surface area (Å²) in [5.41, 5.74) is 1.42. The number of hydrogen-bond acceptors (Lipinski definition) is 3. The molecule has 0 saturated carbocycles. The van der Waals surface area contributed by atoms with Gasteiger partial charge in [-0.2, -0.15) is 5.10 Å². The van der Waals surface area contributed by atoms with Crippen LogP contribution in [0, 0.1) is 12.8 Å². The van der Waals surface area contributed by atoms with Gasteiger partial charge < -0.3 is 10.4 Å². The van der Waals surface area contributed by atoms with Crippen LogP contribution in [0.15, 0.2) is 6.07 Å². The second kappa shape index (κ2) is 8.17. The van der Waals surface area contributed by atoms with Gasteiger partial charge in [-0.15, -0.1) is 0 Å². The second-order valence-corrected chi connectivity index (χ2v) is 6.08. The highest BCUT2D eigenvalue weighted by Gasteiger charge is 2.17. The van der Waals surface area contributed by atoms with Crippen LogP contribution in [0.2, 0.25) is 0 Å². The van der Waals surface area contributed by atoms with Crippen molar-refractivity contribution in [2.75, 3.05) is 6.54 Å². The summed E-state index contributed by atoms with van der Waals surface area (Å²) >= 11 is 0. The summed E-state index contributed by atoms with van der Waals surface area (Å²) in [7, 11) is 0. The normalized spacial score (nSPS) is 13.0. The van der Waals surface area contributed by atoms with E-state index in [1.165, 1.54) is 0 Å². The van der Waals surface area contributed by atoms with E-state index >= 15 is 0 Å². The Labute approximate surface area is 127 Å². The standard InChI is InChI=1S/C16H29N3O2/c1-6-13(7-2)19-12(5)9-15(18-19)16(21)17-10-14(20)8-11(3)4/h9,11,13-14,20H,6-8,10H2,1-5H3,(H,17,21). The first-order valence-corrected chi connectivity index (χ1v) is 7.91. The van der Waals surface area contributed by atoms with Gasteiger partial charge in [0.1, 0.15) is 5.69 Å². The zero-order valence-electron chi connectivity index (χ0n) is 13.9. The van der Waals surface area contributed by atoms with Gasteiger partial charge in [-0.25, -0.2) is 0 Å². The average Bonchev–Trinajstić information content (AvgIpc) is 2.79. The Morgan fingerprint density at radius 1 is 1.38 bits per heavy atom. The third-order valence-corrected chi connectivity index (χ3v) is 3.69. The third-order valence-electron chi connectivity index (χ3n) is 3.69. The fourth-order valence-electron chi connectivity index (χ4n) is 2.53. The minimum absolute atomic E-state index is 0.217. The lowest BCUT2D eigenvalue weighted by molar-refractivity contribution is 0.0894. The van der Waals surface area contributed by atoms with Crippen LogP contribution in [-0.4, -0.2) is 33.4 Å². The molecule has 0 aliphatic rings. The molecule has 1 heterocycles. The van der Waals surface area contributed by atoms with Crippen molar-refractivity contribution in [2.45, 2.75) is 66.0 Å². The quantitative estimate of drug-likeness (QED) is 0.775. The fourth-order valence-corrected chi connectivity index (χ4v) is 2.53. The molecule has 0 radical (unpaired) electrons. The minimum Gasteiger partial charge on any atom is -0.391 e.